The first-order chi connectivity index (χ1) is 10.3. The number of nitrogens with one attached hydrogen (secondary N) is 1. The molecule has 6 heteroatoms. The fourth-order valence-electron chi connectivity index (χ4n) is 3.75. The lowest BCUT2D eigenvalue weighted by Crippen LogP contribution is -2.42. The van der Waals surface area contributed by atoms with Crippen LogP contribution in [0.2, 0.25) is 0 Å². The van der Waals surface area contributed by atoms with E-state index in [-0.39, 0.29) is 22.7 Å². The second kappa shape index (κ2) is 4.98. The van der Waals surface area contributed by atoms with Crippen molar-refractivity contribution < 1.29 is 23.1 Å². The Bertz CT molecular complexity index is 621. The molecule has 120 valence electrons. The van der Waals surface area contributed by atoms with Crippen LogP contribution >= 0.6 is 0 Å². The lowest BCUT2D eigenvalue weighted by atomic mass is 9.73. The third kappa shape index (κ3) is 2.12. The van der Waals surface area contributed by atoms with Crippen molar-refractivity contribution in [2.24, 2.45) is 5.92 Å². The number of benzene rings is 1. The molecule has 22 heavy (non-hydrogen) atoms. The third-order valence-corrected chi connectivity index (χ3v) is 4.96. The highest BCUT2D eigenvalue weighted by Gasteiger charge is 2.52. The zero-order chi connectivity index (χ0) is 16.1. The number of fused-ring (bicyclic) bond motifs is 1. The minimum Gasteiger partial charge on any atom is -0.375 e. The van der Waals surface area contributed by atoms with Gasteiger partial charge in [0.2, 0.25) is 0 Å². The fraction of sp³-hybridized carbons (Fsp3) is 0.562. The van der Waals surface area contributed by atoms with Crippen LogP contribution in [0, 0.1) is 12.8 Å². The lowest BCUT2D eigenvalue weighted by molar-refractivity contribution is -0.141. The monoisotopic (exact) mass is 313 g/mol. The summed E-state index contributed by atoms with van der Waals surface area (Å²) in [6.07, 6.45) is -0.139. The molecule has 0 radical (unpaired) electrons. The number of rotatable bonds is 1. The van der Waals surface area contributed by atoms with Crippen LogP contribution in [0.3, 0.4) is 0 Å². The van der Waals surface area contributed by atoms with Crippen LogP contribution in [0.5, 0.6) is 0 Å². The Morgan fingerprint density at radius 1 is 1.23 bits per heavy atom. The molecular weight excluding hydrogens is 295 g/mol. The Morgan fingerprint density at radius 3 is 2.45 bits per heavy atom. The molecule has 1 amide bonds. The van der Waals surface area contributed by atoms with Gasteiger partial charge in [-0.15, -0.1) is 0 Å². The van der Waals surface area contributed by atoms with E-state index >= 15 is 0 Å². The quantitative estimate of drug-likeness (QED) is 0.830. The highest BCUT2D eigenvalue weighted by Crippen LogP contribution is 2.49. The summed E-state index contributed by atoms with van der Waals surface area (Å²) in [5.74, 6) is -0.838. The molecule has 1 aliphatic carbocycles. The van der Waals surface area contributed by atoms with Crippen molar-refractivity contribution in [2.45, 2.75) is 50.8 Å². The first-order valence-corrected chi connectivity index (χ1v) is 7.51. The Kier molecular flexibility index (Phi) is 3.47. The third-order valence-electron chi connectivity index (χ3n) is 4.96. The van der Waals surface area contributed by atoms with Gasteiger partial charge in [-0.05, 0) is 31.4 Å². The van der Waals surface area contributed by atoms with Crippen molar-refractivity contribution in [1.29, 1.82) is 0 Å². The number of hydrogen-bond acceptors (Lipinski definition) is 2. The van der Waals surface area contributed by atoms with E-state index in [9.17, 15) is 23.1 Å². The van der Waals surface area contributed by atoms with Gasteiger partial charge in [-0.3, -0.25) is 4.79 Å². The van der Waals surface area contributed by atoms with Crippen LogP contribution in [0.15, 0.2) is 12.1 Å². The topological polar surface area (TPSA) is 49.3 Å². The summed E-state index contributed by atoms with van der Waals surface area (Å²) >= 11 is 0. The number of alkyl halides is 3. The largest absolute Gasteiger partial charge is 0.416 e. The van der Waals surface area contributed by atoms with Crippen molar-refractivity contribution >= 4 is 11.6 Å². The van der Waals surface area contributed by atoms with E-state index in [2.05, 4.69) is 5.32 Å². The molecule has 1 heterocycles. The molecule has 1 aliphatic heterocycles. The molecule has 2 aliphatic rings. The fourth-order valence-corrected chi connectivity index (χ4v) is 3.75. The second-order valence-electron chi connectivity index (χ2n) is 6.21. The Hall–Kier alpha value is -1.56. The van der Waals surface area contributed by atoms with Gasteiger partial charge in [-0.2, -0.15) is 13.2 Å². The van der Waals surface area contributed by atoms with Gasteiger partial charge >= 0.3 is 6.18 Å². The van der Waals surface area contributed by atoms with Crippen LogP contribution in [0.1, 0.15) is 48.8 Å². The highest BCUT2D eigenvalue weighted by atomic mass is 19.4. The standard InChI is InChI=1S/C16H18F3NO2/c1-9-11(16(17,18)19)7-8-12-13(9)20-14(21)15(12,22)10-5-3-2-4-6-10/h7-8,10,22H,2-6H2,1H3,(H,20,21). The molecule has 1 atom stereocenters. The zero-order valence-electron chi connectivity index (χ0n) is 12.3. The molecule has 1 unspecified atom stereocenters. The molecule has 3 nitrogen and oxygen atoms in total. The maximum absolute atomic E-state index is 13.0. The molecule has 0 spiro atoms. The predicted octanol–water partition coefficient (Wildman–Crippen LogP) is 3.73. The van der Waals surface area contributed by atoms with Gasteiger partial charge in [0.05, 0.1) is 11.3 Å². The molecule has 0 bridgehead atoms. The maximum Gasteiger partial charge on any atom is 0.416 e. The van der Waals surface area contributed by atoms with Gasteiger partial charge in [0.25, 0.3) is 5.91 Å². The molecular formula is C16H18F3NO2. The van der Waals surface area contributed by atoms with E-state index in [1.807, 2.05) is 0 Å². The summed E-state index contributed by atoms with van der Waals surface area (Å²) in [5.41, 5.74) is -2.11. The summed E-state index contributed by atoms with van der Waals surface area (Å²) in [4.78, 5) is 12.3. The van der Waals surface area contributed by atoms with Crippen LogP contribution < -0.4 is 5.32 Å². The molecule has 0 aromatic heterocycles. The van der Waals surface area contributed by atoms with Gasteiger partial charge in [0.1, 0.15) is 0 Å². The van der Waals surface area contributed by atoms with E-state index in [4.69, 9.17) is 0 Å². The first kappa shape index (κ1) is 15.3. The average Bonchev–Trinajstić information content (AvgIpc) is 2.73. The van der Waals surface area contributed by atoms with Gasteiger partial charge in [-0.25, -0.2) is 0 Å². The summed E-state index contributed by atoms with van der Waals surface area (Å²) in [6, 6.07) is 2.21. The van der Waals surface area contributed by atoms with E-state index in [1.54, 1.807) is 0 Å². The Labute approximate surface area is 126 Å². The maximum atomic E-state index is 13.0. The molecule has 1 saturated carbocycles. The Balaban J connectivity index is 2.09. The molecule has 0 saturated heterocycles. The van der Waals surface area contributed by atoms with Crippen molar-refractivity contribution in [3.8, 4) is 0 Å². The number of aliphatic hydroxyl groups is 1. The minimum atomic E-state index is -4.48. The number of hydrogen-bond donors (Lipinski definition) is 2. The van der Waals surface area contributed by atoms with Crippen molar-refractivity contribution in [1.82, 2.24) is 0 Å². The second-order valence-corrected chi connectivity index (χ2v) is 6.21. The van der Waals surface area contributed by atoms with Gasteiger partial charge in [-0.1, -0.05) is 25.3 Å². The van der Waals surface area contributed by atoms with Crippen molar-refractivity contribution in [2.75, 3.05) is 5.32 Å². The normalized spacial score (nSPS) is 26.0. The minimum absolute atomic E-state index is 0.0370. The zero-order valence-corrected chi connectivity index (χ0v) is 12.3. The summed E-state index contributed by atoms with van der Waals surface area (Å²) < 4.78 is 39.0. The first-order valence-electron chi connectivity index (χ1n) is 7.51. The predicted molar refractivity (Wildman–Crippen MR) is 75.3 cm³/mol. The van der Waals surface area contributed by atoms with E-state index in [1.165, 1.54) is 13.0 Å². The van der Waals surface area contributed by atoms with Crippen LogP contribution in [0.4, 0.5) is 18.9 Å². The van der Waals surface area contributed by atoms with Crippen LogP contribution in [0.25, 0.3) is 0 Å². The smallest absolute Gasteiger partial charge is 0.375 e. The van der Waals surface area contributed by atoms with Gasteiger partial charge in [0.15, 0.2) is 5.60 Å². The van der Waals surface area contributed by atoms with Crippen molar-refractivity contribution in [3.63, 3.8) is 0 Å². The van der Waals surface area contributed by atoms with Gasteiger partial charge < -0.3 is 10.4 Å². The van der Waals surface area contributed by atoms with Gasteiger partial charge in [0, 0.05) is 11.5 Å². The van der Waals surface area contributed by atoms with E-state index in [0.717, 1.165) is 25.3 Å². The van der Waals surface area contributed by atoms with Crippen LogP contribution in [-0.2, 0) is 16.6 Å². The molecule has 2 N–H and O–H groups in total. The average molecular weight is 313 g/mol. The number of halogens is 3. The number of anilines is 1. The lowest BCUT2D eigenvalue weighted by Gasteiger charge is -2.34. The molecule has 1 aromatic carbocycles. The molecule has 1 fully saturated rings. The SMILES string of the molecule is Cc1c(C(F)(F)F)ccc2c1NC(=O)C2(O)C1CCCCC1. The summed E-state index contributed by atoms with van der Waals surface area (Å²) in [7, 11) is 0. The summed E-state index contributed by atoms with van der Waals surface area (Å²) in [6.45, 7) is 1.33. The van der Waals surface area contributed by atoms with E-state index in [0.29, 0.717) is 12.8 Å². The molecule has 1 aromatic rings. The molecule has 3 rings (SSSR count). The van der Waals surface area contributed by atoms with E-state index < -0.39 is 23.2 Å². The number of carbonyl (C=O) groups excluding carboxylic acids is 1. The number of amides is 1. The number of carbonyl (C=O) groups is 1. The Morgan fingerprint density at radius 2 is 1.86 bits per heavy atom. The van der Waals surface area contributed by atoms with Crippen LogP contribution in [-0.4, -0.2) is 11.0 Å². The summed E-state index contributed by atoms with van der Waals surface area (Å²) in [5, 5.41) is 13.4. The van der Waals surface area contributed by atoms with Crippen molar-refractivity contribution in [3.05, 3.63) is 28.8 Å². The highest BCUT2D eigenvalue weighted by molar-refractivity contribution is 6.06.